The molecule has 3 aromatic rings. The van der Waals surface area contributed by atoms with Gasteiger partial charge in [0, 0.05) is 6.61 Å². The average molecular weight is 733 g/mol. The van der Waals surface area contributed by atoms with Gasteiger partial charge < -0.3 is 28.1 Å². The van der Waals surface area contributed by atoms with Crippen LogP contribution >= 0.6 is 0 Å². The third kappa shape index (κ3) is 9.66. The van der Waals surface area contributed by atoms with Crippen LogP contribution in [-0.4, -0.2) is 64.1 Å². The van der Waals surface area contributed by atoms with E-state index in [1.807, 2.05) is 0 Å². The number of carbonyl (C=O) groups excluding carboxylic acids is 2. The predicted octanol–water partition coefficient (Wildman–Crippen LogP) is 8.38. The number of benzene rings is 1. The Morgan fingerprint density at radius 1 is 0.941 bits per heavy atom. The van der Waals surface area contributed by atoms with Gasteiger partial charge in [-0.15, -0.1) is 10.2 Å². The van der Waals surface area contributed by atoms with Crippen LogP contribution in [-0.2, 0) is 37.3 Å². The number of nitrogens with zero attached hydrogens (tertiary/aromatic N) is 4. The van der Waals surface area contributed by atoms with Crippen LogP contribution in [0.3, 0.4) is 0 Å². The van der Waals surface area contributed by atoms with Crippen LogP contribution in [0, 0.1) is 0 Å². The van der Waals surface area contributed by atoms with E-state index < -0.39 is 95.3 Å². The van der Waals surface area contributed by atoms with E-state index in [2.05, 4.69) is 15.2 Å². The highest BCUT2D eigenvalue weighted by molar-refractivity contribution is 6.11. The van der Waals surface area contributed by atoms with Gasteiger partial charge in [0.1, 0.15) is 16.8 Å². The highest BCUT2D eigenvalue weighted by atomic mass is 19.4. The first-order chi connectivity index (χ1) is 23.5. The van der Waals surface area contributed by atoms with Gasteiger partial charge in [0.25, 0.3) is 17.4 Å². The Bertz CT molecular complexity index is 1660. The van der Waals surface area contributed by atoms with Gasteiger partial charge in [-0.25, -0.2) is 14.6 Å². The van der Waals surface area contributed by atoms with Crippen molar-refractivity contribution in [3.8, 4) is 17.5 Å². The monoisotopic (exact) mass is 732 g/mol. The SMILES string of the molecule is C[C@@H]1CCCOCC(OCc2ccccc2)(C(F)(F)F)c2nnc(o2)-c2nc(c(C(F)(F)F)cc2N(C(=O)OC(C)(C)C)C(=O)OC(C)(C)C)O1. The van der Waals surface area contributed by atoms with Gasteiger partial charge in [-0.1, -0.05) is 30.3 Å². The molecule has 1 aliphatic rings. The van der Waals surface area contributed by atoms with E-state index in [4.69, 9.17) is 28.1 Å². The highest BCUT2D eigenvalue weighted by Gasteiger charge is 2.62. The molecule has 2 aromatic heterocycles. The molecular formula is C33H38F6N4O8. The number of hydrogen-bond donors (Lipinski definition) is 0. The standard InChI is InChI=1S/C33H38F6N4O8/c1-19-12-11-15-46-18-31(33(37,38)39,47-17-20-13-9-8-10-14-20)26-42-41-25(49-26)23-22(16-21(32(34,35)36)24(40-23)48-19)43(27(44)50-29(2,3)4)28(45)51-30(5,6)7/h8-10,13-14,16,19H,11-12,15,17-18H2,1-7H3/t19-,31?/m1/s1. The lowest BCUT2D eigenvalue weighted by Crippen LogP contribution is -2.49. The quantitative estimate of drug-likeness (QED) is 0.239. The first-order valence-electron chi connectivity index (χ1n) is 15.7. The number of fused-ring (bicyclic) bond motifs is 5. The molecule has 280 valence electrons. The summed E-state index contributed by atoms with van der Waals surface area (Å²) < 4.78 is 122. The molecule has 0 fully saturated rings. The summed E-state index contributed by atoms with van der Waals surface area (Å²) in [5.41, 5.74) is -8.94. The Morgan fingerprint density at radius 2 is 1.55 bits per heavy atom. The van der Waals surface area contributed by atoms with E-state index in [0.717, 1.165) is 0 Å². The molecule has 3 heterocycles. The van der Waals surface area contributed by atoms with Crippen molar-refractivity contribution in [3.63, 3.8) is 0 Å². The van der Waals surface area contributed by atoms with Crippen molar-refractivity contribution in [1.29, 1.82) is 0 Å². The molecule has 0 saturated heterocycles. The Labute approximate surface area is 289 Å². The maximum absolute atomic E-state index is 15.1. The Balaban J connectivity index is 2.03. The minimum Gasteiger partial charge on any atom is -0.474 e. The molecule has 51 heavy (non-hydrogen) atoms. The molecule has 4 rings (SSSR count). The van der Waals surface area contributed by atoms with Crippen LogP contribution in [0.15, 0.2) is 40.8 Å². The lowest BCUT2D eigenvalue weighted by molar-refractivity contribution is -0.311. The third-order valence-electron chi connectivity index (χ3n) is 6.94. The molecule has 4 bridgehead atoms. The van der Waals surface area contributed by atoms with Gasteiger partial charge in [-0.3, -0.25) is 0 Å². The number of halogens is 6. The second kappa shape index (κ2) is 14.7. The summed E-state index contributed by atoms with van der Waals surface area (Å²) in [6.45, 7) is 7.98. The number of rotatable bonds is 4. The number of aromatic nitrogens is 3. The summed E-state index contributed by atoms with van der Waals surface area (Å²) in [6.07, 6.45) is -14.3. The van der Waals surface area contributed by atoms with Crippen molar-refractivity contribution in [2.45, 2.75) is 103 Å². The molecule has 1 aromatic carbocycles. The van der Waals surface area contributed by atoms with E-state index in [1.165, 1.54) is 60.6 Å². The first-order valence-corrected chi connectivity index (χ1v) is 15.7. The fourth-order valence-electron chi connectivity index (χ4n) is 4.64. The molecule has 12 nitrogen and oxygen atoms in total. The summed E-state index contributed by atoms with van der Waals surface area (Å²) in [6, 6.07) is 8.23. The van der Waals surface area contributed by atoms with Crippen LogP contribution in [0.4, 0.5) is 41.6 Å². The smallest absolute Gasteiger partial charge is 0.428 e. The molecule has 0 spiro atoms. The van der Waals surface area contributed by atoms with E-state index in [-0.39, 0.29) is 24.3 Å². The third-order valence-corrected chi connectivity index (χ3v) is 6.94. The average Bonchev–Trinajstić information content (AvgIpc) is 3.46. The van der Waals surface area contributed by atoms with E-state index in [1.54, 1.807) is 18.2 Å². The zero-order chi connectivity index (χ0) is 38.0. The largest absolute Gasteiger partial charge is 0.474 e. The van der Waals surface area contributed by atoms with Gasteiger partial charge in [-0.2, -0.15) is 31.2 Å². The molecule has 0 saturated carbocycles. The van der Waals surface area contributed by atoms with Crippen LogP contribution in [0.25, 0.3) is 11.6 Å². The van der Waals surface area contributed by atoms with E-state index in [0.29, 0.717) is 11.6 Å². The van der Waals surface area contributed by atoms with Gasteiger partial charge in [0.15, 0.2) is 5.69 Å². The van der Waals surface area contributed by atoms with E-state index in [9.17, 15) is 22.8 Å². The number of hydrogen-bond acceptors (Lipinski definition) is 11. The number of imide groups is 1. The van der Waals surface area contributed by atoms with Gasteiger partial charge in [0.2, 0.25) is 5.88 Å². The molecule has 2 atom stereocenters. The van der Waals surface area contributed by atoms with Crippen LogP contribution < -0.4 is 9.64 Å². The van der Waals surface area contributed by atoms with Crippen LogP contribution in [0.2, 0.25) is 0 Å². The molecule has 1 aliphatic heterocycles. The lowest BCUT2D eigenvalue weighted by Gasteiger charge is -2.32. The van der Waals surface area contributed by atoms with Gasteiger partial charge in [-0.05, 0) is 72.9 Å². The van der Waals surface area contributed by atoms with Crippen molar-refractivity contribution < 1.29 is 64.0 Å². The molecule has 0 radical (unpaired) electrons. The second-order valence-corrected chi connectivity index (χ2v) is 13.6. The number of alkyl halides is 6. The molecule has 18 heteroatoms. The van der Waals surface area contributed by atoms with Gasteiger partial charge >= 0.3 is 24.5 Å². The summed E-state index contributed by atoms with van der Waals surface area (Å²) in [7, 11) is 0. The second-order valence-electron chi connectivity index (χ2n) is 13.6. The van der Waals surface area contributed by atoms with Crippen molar-refractivity contribution in [2.24, 2.45) is 0 Å². The number of carbonyl (C=O) groups is 2. The first kappa shape index (κ1) is 39.3. The summed E-state index contributed by atoms with van der Waals surface area (Å²) in [5.74, 6) is -3.16. The summed E-state index contributed by atoms with van der Waals surface area (Å²) >= 11 is 0. The molecule has 0 aliphatic carbocycles. The minimum atomic E-state index is -5.25. The van der Waals surface area contributed by atoms with Crippen molar-refractivity contribution in [1.82, 2.24) is 15.2 Å². The fraction of sp³-hybridized carbons (Fsp3) is 0.545. The number of anilines is 1. The molecule has 1 unspecified atom stereocenters. The Morgan fingerprint density at radius 3 is 2.10 bits per heavy atom. The Kier molecular flexibility index (Phi) is 11.3. The topological polar surface area (TPSA) is 135 Å². The number of ether oxygens (including phenoxy) is 5. The molecule has 0 N–H and O–H groups in total. The van der Waals surface area contributed by atoms with Crippen LogP contribution in [0.1, 0.15) is 78.3 Å². The zero-order valence-electron chi connectivity index (χ0n) is 28.9. The van der Waals surface area contributed by atoms with Crippen molar-refractivity contribution >= 4 is 17.9 Å². The normalized spacial score (nSPS) is 19.0. The number of amides is 2. The van der Waals surface area contributed by atoms with Crippen molar-refractivity contribution in [2.75, 3.05) is 18.1 Å². The zero-order valence-corrected chi connectivity index (χ0v) is 28.9. The van der Waals surface area contributed by atoms with Crippen molar-refractivity contribution in [3.05, 3.63) is 53.4 Å². The van der Waals surface area contributed by atoms with Gasteiger partial charge in [0.05, 0.1) is 25.0 Å². The molecular weight excluding hydrogens is 694 g/mol. The van der Waals surface area contributed by atoms with E-state index >= 15 is 13.2 Å². The summed E-state index contributed by atoms with van der Waals surface area (Å²) in [4.78, 5) is 31.2. The minimum absolute atomic E-state index is 0.0281. The fourth-order valence-corrected chi connectivity index (χ4v) is 4.64. The van der Waals surface area contributed by atoms with Crippen LogP contribution in [0.5, 0.6) is 5.88 Å². The Hall–Kier alpha value is -4.45. The maximum Gasteiger partial charge on any atom is 0.428 e. The molecule has 2 amide bonds. The summed E-state index contributed by atoms with van der Waals surface area (Å²) in [5, 5.41) is 7.28. The maximum atomic E-state index is 15.1. The highest BCUT2D eigenvalue weighted by Crippen LogP contribution is 2.46. The lowest BCUT2D eigenvalue weighted by atomic mass is 10.0. The predicted molar refractivity (Wildman–Crippen MR) is 167 cm³/mol. The number of pyridine rings is 1.